The topological polar surface area (TPSA) is 72.2 Å². The minimum Gasteiger partial charge on any atom is -0.365 e. The first-order valence-electron chi connectivity index (χ1n) is 7.98. The molecular weight excluding hydrogens is 340 g/mol. The van der Waals surface area contributed by atoms with Crippen molar-refractivity contribution in [3.63, 3.8) is 0 Å². The maximum Gasteiger partial charge on any atom is 0.251 e. The number of primary amides is 1. The second-order valence-electron chi connectivity index (χ2n) is 5.93. The van der Waals surface area contributed by atoms with Crippen molar-refractivity contribution in [1.82, 2.24) is 0 Å². The van der Waals surface area contributed by atoms with E-state index in [1.807, 2.05) is 25.1 Å². The lowest BCUT2D eigenvalue weighted by atomic mass is 9.95. The summed E-state index contributed by atoms with van der Waals surface area (Å²) < 4.78 is 0. The number of hydrogen-bond acceptors (Lipinski definition) is 4. The summed E-state index contributed by atoms with van der Waals surface area (Å²) in [4.78, 5) is 26.4. The molecule has 0 aliphatic heterocycles. The molecule has 1 aliphatic rings. The van der Waals surface area contributed by atoms with Crippen molar-refractivity contribution in [2.75, 3.05) is 11.1 Å². The lowest BCUT2D eigenvalue weighted by Gasteiger charge is -2.11. The number of fused-ring (bicyclic) bond motifs is 1. The van der Waals surface area contributed by atoms with Crippen LogP contribution < -0.4 is 11.1 Å². The fraction of sp³-hybridized carbons (Fsp3) is 0.333. The van der Waals surface area contributed by atoms with Crippen molar-refractivity contribution in [3.05, 3.63) is 45.8 Å². The molecule has 0 unspecified atom stereocenters. The molecular formula is C18H20N2O2S2. The summed E-state index contributed by atoms with van der Waals surface area (Å²) in [6.07, 6.45) is 4.04. The van der Waals surface area contributed by atoms with E-state index in [1.165, 1.54) is 33.5 Å². The number of hydrogen-bond donors (Lipinski definition) is 2. The molecule has 3 N–H and O–H groups in total. The molecule has 0 bridgehead atoms. The number of benzene rings is 1. The molecule has 24 heavy (non-hydrogen) atoms. The molecule has 126 valence electrons. The average Bonchev–Trinajstić information content (AvgIpc) is 2.91. The number of rotatable bonds is 5. The smallest absolute Gasteiger partial charge is 0.251 e. The van der Waals surface area contributed by atoms with Crippen LogP contribution in [-0.4, -0.2) is 17.6 Å². The van der Waals surface area contributed by atoms with E-state index in [-0.39, 0.29) is 5.91 Å². The van der Waals surface area contributed by atoms with Gasteiger partial charge in [0.2, 0.25) is 5.91 Å². The third kappa shape index (κ3) is 3.82. The van der Waals surface area contributed by atoms with E-state index >= 15 is 0 Å². The maximum absolute atomic E-state index is 12.3. The van der Waals surface area contributed by atoms with Crippen LogP contribution in [0.5, 0.6) is 0 Å². The molecule has 1 heterocycles. The summed E-state index contributed by atoms with van der Waals surface area (Å²) in [5.74, 6) is -0.247. The van der Waals surface area contributed by atoms with Crippen LogP contribution in [-0.2, 0) is 17.6 Å². The molecule has 0 atom stereocenters. The minimum absolute atomic E-state index is 0.109. The van der Waals surface area contributed by atoms with Gasteiger partial charge in [0.15, 0.2) is 0 Å². The maximum atomic E-state index is 12.3. The van der Waals surface area contributed by atoms with Crippen molar-refractivity contribution in [2.24, 2.45) is 5.73 Å². The lowest BCUT2D eigenvalue weighted by Crippen LogP contribution is -2.19. The van der Waals surface area contributed by atoms with Gasteiger partial charge in [0.05, 0.1) is 11.3 Å². The van der Waals surface area contributed by atoms with Crippen molar-refractivity contribution >= 4 is 39.9 Å². The molecule has 2 aromatic rings. The second kappa shape index (κ2) is 7.40. The van der Waals surface area contributed by atoms with Crippen LogP contribution in [0.25, 0.3) is 0 Å². The van der Waals surface area contributed by atoms with Crippen molar-refractivity contribution in [3.8, 4) is 0 Å². The fourth-order valence-corrected chi connectivity index (χ4v) is 5.06. The van der Waals surface area contributed by atoms with Gasteiger partial charge in [-0.1, -0.05) is 17.7 Å². The Kier molecular flexibility index (Phi) is 5.26. The van der Waals surface area contributed by atoms with E-state index < -0.39 is 5.91 Å². The number of amides is 2. The molecule has 4 nitrogen and oxygen atoms in total. The lowest BCUT2D eigenvalue weighted by molar-refractivity contribution is -0.113. The van der Waals surface area contributed by atoms with Gasteiger partial charge in [-0.2, -0.15) is 0 Å². The van der Waals surface area contributed by atoms with Gasteiger partial charge < -0.3 is 11.1 Å². The summed E-state index contributed by atoms with van der Waals surface area (Å²) in [7, 11) is 0. The molecule has 1 aromatic carbocycles. The molecule has 3 rings (SSSR count). The van der Waals surface area contributed by atoms with Crippen LogP contribution in [0.1, 0.15) is 39.2 Å². The summed E-state index contributed by atoms with van der Waals surface area (Å²) in [6, 6.07) is 8.05. The highest BCUT2D eigenvalue weighted by atomic mass is 32.2. The summed E-state index contributed by atoms with van der Waals surface area (Å²) in [5, 5.41) is 3.51. The Morgan fingerprint density at radius 2 is 2.08 bits per heavy atom. The normalized spacial score (nSPS) is 13.4. The highest BCUT2D eigenvalue weighted by Gasteiger charge is 2.24. The first kappa shape index (κ1) is 17.0. The monoisotopic (exact) mass is 360 g/mol. The molecule has 1 aromatic heterocycles. The highest BCUT2D eigenvalue weighted by Crippen LogP contribution is 2.38. The summed E-state index contributed by atoms with van der Waals surface area (Å²) >= 11 is 2.99. The zero-order valence-electron chi connectivity index (χ0n) is 13.6. The standard InChI is InChI=1S/C18H20N2O2S2/c1-11-5-4-6-12(9-11)23-10-15(21)20-18-16(17(19)22)13-7-2-3-8-14(13)24-18/h4-6,9H,2-3,7-8,10H2,1H3,(H2,19,22)(H,20,21). The number of aryl methyl sites for hydroxylation is 2. The van der Waals surface area contributed by atoms with Crippen molar-refractivity contribution in [1.29, 1.82) is 0 Å². The van der Waals surface area contributed by atoms with Gasteiger partial charge in [-0.05, 0) is 50.3 Å². The van der Waals surface area contributed by atoms with E-state index in [2.05, 4.69) is 11.4 Å². The first-order valence-corrected chi connectivity index (χ1v) is 9.78. The SMILES string of the molecule is Cc1cccc(SCC(=O)Nc2sc3c(c2C(N)=O)CCCC3)c1. The fourth-order valence-electron chi connectivity index (χ4n) is 2.93. The number of nitrogens with one attached hydrogen (secondary N) is 1. The molecule has 0 radical (unpaired) electrons. The van der Waals surface area contributed by atoms with E-state index in [0.717, 1.165) is 36.1 Å². The third-order valence-corrected chi connectivity index (χ3v) is 6.23. The predicted octanol–water partition coefficient (Wildman–Crippen LogP) is 3.77. The number of carbonyl (C=O) groups excluding carboxylic acids is 2. The van der Waals surface area contributed by atoms with Crippen LogP contribution in [0.3, 0.4) is 0 Å². The third-order valence-electron chi connectivity index (χ3n) is 4.03. The zero-order chi connectivity index (χ0) is 17.1. The zero-order valence-corrected chi connectivity index (χ0v) is 15.2. The Balaban J connectivity index is 1.70. The predicted molar refractivity (Wildman–Crippen MR) is 100 cm³/mol. The second-order valence-corrected chi connectivity index (χ2v) is 8.09. The molecule has 6 heteroatoms. The number of anilines is 1. The van der Waals surface area contributed by atoms with E-state index in [1.54, 1.807) is 0 Å². The summed E-state index contributed by atoms with van der Waals surface area (Å²) in [6.45, 7) is 2.03. The van der Waals surface area contributed by atoms with E-state index in [4.69, 9.17) is 5.73 Å². The molecule has 0 spiro atoms. The molecule has 0 saturated heterocycles. The van der Waals surface area contributed by atoms with Crippen molar-refractivity contribution < 1.29 is 9.59 Å². The van der Waals surface area contributed by atoms with E-state index in [0.29, 0.717) is 16.3 Å². The number of carbonyl (C=O) groups is 2. The van der Waals surface area contributed by atoms with Gasteiger partial charge in [0, 0.05) is 9.77 Å². The Bertz CT molecular complexity index is 783. The van der Waals surface area contributed by atoms with Crippen LogP contribution in [0.2, 0.25) is 0 Å². The Morgan fingerprint density at radius 1 is 1.29 bits per heavy atom. The minimum atomic E-state index is -0.448. The van der Waals surface area contributed by atoms with Gasteiger partial charge in [0.1, 0.15) is 5.00 Å². The summed E-state index contributed by atoms with van der Waals surface area (Å²) in [5.41, 5.74) is 8.28. The van der Waals surface area contributed by atoms with Gasteiger partial charge in [-0.15, -0.1) is 23.1 Å². The largest absolute Gasteiger partial charge is 0.365 e. The van der Waals surface area contributed by atoms with Crippen LogP contribution in [0.4, 0.5) is 5.00 Å². The van der Waals surface area contributed by atoms with Gasteiger partial charge in [-0.3, -0.25) is 9.59 Å². The van der Waals surface area contributed by atoms with Gasteiger partial charge in [0.25, 0.3) is 5.91 Å². The van der Waals surface area contributed by atoms with Crippen LogP contribution in [0, 0.1) is 6.92 Å². The van der Waals surface area contributed by atoms with Gasteiger partial charge >= 0.3 is 0 Å². The highest BCUT2D eigenvalue weighted by molar-refractivity contribution is 8.00. The first-order chi connectivity index (χ1) is 11.5. The Labute approximate surface area is 149 Å². The number of thioether (sulfide) groups is 1. The average molecular weight is 361 g/mol. The molecule has 0 saturated carbocycles. The van der Waals surface area contributed by atoms with Crippen LogP contribution in [0.15, 0.2) is 29.2 Å². The molecule has 0 fully saturated rings. The van der Waals surface area contributed by atoms with Crippen molar-refractivity contribution in [2.45, 2.75) is 37.5 Å². The van der Waals surface area contributed by atoms with Gasteiger partial charge in [-0.25, -0.2) is 0 Å². The van der Waals surface area contributed by atoms with E-state index in [9.17, 15) is 9.59 Å². The van der Waals surface area contributed by atoms with Crippen LogP contribution >= 0.6 is 23.1 Å². The molecule has 1 aliphatic carbocycles. The number of thiophene rings is 1. The Hall–Kier alpha value is -1.79. The quantitative estimate of drug-likeness (QED) is 0.797. The number of nitrogens with two attached hydrogens (primary N) is 1. The Morgan fingerprint density at radius 3 is 2.83 bits per heavy atom. The molecule has 2 amide bonds.